The molecule has 0 spiro atoms. The van der Waals surface area contributed by atoms with Crippen molar-refractivity contribution in [3.63, 3.8) is 0 Å². The van der Waals surface area contributed by atoms with Crippen LogP contribution in [0.3, 0.4) is 0 Å². The van der Waals surface area contributed by atoms with E-state index in [1.54, 1.807) is 0 Å². The maximum atomic E-state index is 12.7. The highest BCUT2D eigenvalue weighted by molar-refractivity contribution is 7.89. The molecule has 11 heteroatoms. The lowest BCUT2D eigenvalue weighted by atomic mass is 10.2. The number of nitrogen functional groups attached to an aromatic ring is 1. The number of sulfonamides is 1. The molecule has 0 aliphatic rings. The molecule has 10 nitrogen and oxygen atoms in total. The minimum atomic E-state index is -3.89. The van der Waals surface area contributed by atoms with E-state index in [-0.39, 0.29) is 28.5 Å². The summed E-state index contributed by atoms with van der Waals surface area (Å²) < 4.78 is 24.9. The first-order chi connectivity index (χ1) is 13.1. The Morgan fingerprint density at radius 1 is 1.04 bits per heavy atom. The molecule has 0 aliphatic carbocycles. The molecule has 0 unspecified atom stereocenters. The summed E-state index contributed by atoms with van der Waals surface area (Å²) in [4.78, 5) is 37.5. The van der Waals surface area contributed by atoms with E-state index in [0.29, 0.717) is 19.4 Å². The summed E-state index contributed by atoms with van der Waals surface area (Å²) in [5.74, 6) is -0.798. The predicted molar refractivity (Wildman–Crippen MR) is 106 cm³/mol. The van der Waals surface area contributed by atoms with E-state index in [1.807, 2.05) is 13.8 Å². The molecule has 0 bridgehead atoms. The van der Waals surface area contributed by atoms with Gasteiger partial charge in [0.05, 0.1) is 4.90 Å². The van der Waals surface area contributed by atoms with Crippen molar-refractivity contribution >= 4 is 27.4 Å². The molecular formula is C17H23N5O5S. The molecule has 1 amide bonds. The van der Waals surface area contributed by atoms with Gasteiger partial charge in [0.25, 0.3) is 11.5 Å². The van der Waals surface area contributed by atoms with Crippen LogP contribution in [0.5, 0.6) is 0 Å². The Balaban J connectivity index is 2.48. The Bertz CT molecular complexity index is 1100. The van der Waals surface area contributed by atoms with Crippen LogP contribution in [0.2, 0.25) is 0 Å². The maximum absolute atomic E-state index is 12.7. The van der Waals surface area contributed by atoms with Crippen LogP contribution in [0.1, 0.15) is 37.0 Å². The summed E-state index contributed by atoms with van der Waals surface area (Å²) in [6.07, 6.45) is 1.16. The van der Waals surface area contributed by atoms with Crippen LogP contribution in [0, 0.1) is 0 Å². The van der Waals surface area contributed by atoms with Crippen molar-refractivity contribution in [2.24, 2.45) is 5.14 Å². The van der Waals surface area contributed by atoms with Crippen LogP contribution in [0.4, 0.5) is 11.5 Å². The summed E-state index contributed by atoms with van der Waals surface area (Å²) >= 11 is 0. The molecule has 1 heterocycles. The molecule has 1 aromatic carbocycles. The number of nitrogens with two attached hydrogens (primary N) is 2. The molecule has 2 rings (SSSR count). The molecule has 0 atom stereocenters. The fourth-order valence-electron chi connectivity index (χ4n) is 2.67. The van der Waals surface area contributed by atoms with Gasteiger partial charge in [-0.05, 0) is 37.1 Å². The van der Waals surface area contributed by atoms with E-state index in [2.05, 4.69) is 5.32 Å². The Labute approximate surface area is 161 Å². The van der Waals surface area contributed by atoms with Crippen LogP contribution in [-0.2, 0) is 23.1 Å². The number of aromatic nitrogens is 2. The second-order valence-electron chi connectivity index (χ2n) is 6.17. The van der Waals surface area contributed by atoms with Crippen LogP contribution in [-0.4, -0.2) is 23.5 Å². The van der Waals surface area contributed by atoms with Crippen molar-refractivity contribution < 1.29 is 13.2 Å². The molecule has 152 valence electrons. The predicted octanol–water partition coefficient (Wildman–Crippen LogP) is 0.312. The van der Waals surface area contributed by atoms with Crippen molar-refractivity contribution in [2.75, 3.05) is 11.1 Å². The second kappa shape index (κ2) is 8.40. The normalized spacial score (nSPS) is 11.4. The van der Waals surface area contributed by atoms with Gasteiger partial charge in [-0.1, -0.05) is 13.8 Å². The zero-order valence-corrected chi connectivity index (χ0v) is 16.5. The van der Waals surface area contributed by atoms with Crippen molar-refractivity contribution in [3.05, 3.63) is 50.7 Å². The van der Waals surface area contributed by atoms with Gasteiger partial charge in [0.1, 0.15) is 11.5 Å². The summed E-state index contributed by atoms with van der Waals surface area (Å²) in [6.45, 7) is 4.15. The van der Waals surface area contributed by atoms with E-state index < -0.39 is 27.2 Å². The first-order valence-electron chi connectivity index (χ1n) is 8.69. The average Bonchev–Trinajstić information content (AvgIpc) is 2.65. The van der Waals surface area contributed by atoms with Gasteiger partial charge < -0.3 is 11.1 Å². The molecular weight excluding hydrogens is 386 g/mol. The number of hydrogen-bond donors (Lipinski definition) is 3. The van der Waals surface area contributed by atoms with Crippen LogP contribution < -0.4 is 27.4 Å². The summed E-state index contributed by atoms with van der Waals surface area (Å²) in [6, 6.07) is 4.89. The third-order valence-corrected chi connectivity index (χ3v) is 4.97. The smallest absolute Gasteiger partial charge is 0.332 e. The minimum Gasteiger partial charge on any atom is -0.383 e. The number of amides is 1. The van der Waals surface area contributed by atoms with Crippen molar-refractivity contribution in [1.82, 2.24) is 9.13 Å². The van der Waals surface area contributed by atoms with Gasteiger partial charge in [-0.3, -0.25) is 18.7 Å². The number of nitrogens with zero attached hydrogens (tertiary/aromatic N) is 2. The highest BCUT2D eigenvalue weighted by Crippen LogP contribution is 2.15. The summed E-state index contributed by atoms with van der Waals surface area (Å²) in [7, 11) is -3.89. The first-order valence-corrected chi connectivity index (χ1v) is 10.2. The molecule has 5 N–H and O–H groups in total. The summed E-state index contributed by atoms with van der Waals surface area (Å²) in [5.41, 5.74) is 4.67. The monoisotopic (exact) mass is 409 g/mol. The number of nitrogens with one attached hydrogen (secondary N) is 1. The van der Waals surface area contributed by atoms with E-state index in [4.69, 9.17) is 10.9 Å². The standard InChI is InChI=1S/C17H23N5O5S/c1-3-9-21-14(18)13(16(24)22(10-4-2)17(21)25)20-15(23)11-5-7-12(8-6-11)28(19,26)27/h5-8H,3-4,9-10,18H2,1-2H3,(H,20,23)(H2,19,26,27). The molecule has 0 fully saturated rings. The zero-order valence-electron chi connectivity index (χ0n) is 15.6. The van der Waals surface area contributed by atoms with E-state index in [9.17, 15) is 22.8 Å². The molecule has 0 saturated heterocycles. The minimum absolute atomic E-state index is 0.0986. The Morgan fingerprint density at radius 3 is 2.07 bits per heavy atom. The lowest BCUT2D eigenvalue weighted by Gasteiger charge is -2.16. The number of carbonyl (C=O) groups excluding carboxylic acids is 1. The number of rotatable bonds is 7. The number of benzene rings is 1. The van der Waals surface area contributed by atoms with Crippen LogP contribution in [0.15, 0.2) is 38.8 Å². The Morgan fingerprint density at radius 2 is 1.57 bits per heavy atom. The Hall–Kier alpha value is -2.92. The topological polar surface area (TPSA) is 159 Å². The maximum Gasteiger partial charge on any atom is 0.332 e. The third-order valence-electron chi connectivity index (χ3n) is 4.05. The summed E-state index contributed by atoms with van der Waals surface area (Å²) in [5, 5.41) is 7.47. The van der Waals surface area contributed by atoms with Gasteiger partial charge in [0.15, 0.2) is 0 Å². The van der Waals surface area contributed by atoms with E-state index in [1.165, 1.54) is 28.8 Å². The molecule has 28 heavy (non-hydrogen) atoms. The highest BCUT2D eigenvalue weighted by atomic mass is 32.2. The van der Waals surface area contributed by atoms with Gasteiger partial charge in [0.2, 0.25) is 10.0 Å². The molecule has 2 aromatic rings. The van der Waals surface area contributed by atoms with Gasteiger partial charge in [-0.25, -0.2) is 18.4 Å². The Kier molecular flexibility index (Phi) is 6.41. The van der Waals surface area contributed by atoms with Crippen molar-refractivity contribution in [3.8, 4) is 0 Å². The van der Waals surface area contributed by atoms with Gasteiger partial charge in [-0.2, -0.15) is 0 Å². The molecule has 1 aromatic heterocycles. The van der Waals surface area contributed by atoms with Crippen LogP contribution in [0.25, 0.3) is 0 Å². The number of carbonyl (C=O) groups is 1. The van der Waals surface area contributed by atoms with Gasteiger partial charge in [-0.15, -0.1) is 0 Å². The van der Waals surface area contributed by atoms with E-state index >= 15 is 0 Å². The number of anilines is 2. The largest absolute Gasteiger partial charge is 0.383 e. The highest BCUT2D eigenvalue weighted by Gasteiger charge is 2.19. The first kappa shape index (κ1) is 21.4. The van der Waals surface area contributed by atoms with E-state index in [0.717, 1.165) is 4.57 Å². The van der Waals surface area contributed by atoms with Gasteiger partial charge >= 0.3 is 5.69 Å². The lowest BCUT2D eigenvalue weighted by Crippen LogP contribution is -2.42. The van der Waals surface area contributed by atoms with Crippen LogP contribution >= 0.6 is 0 Å². The molecule has 0 saturated carbocycles. The van der Waals surface area contributed by atoms with Crippen molar-refractivity contribution in [2.45, 2.75) is 44.7 Å². The van der Waals surface area contributed by atoms with Gasteiger partial charge in [0, 0.05) is 18.7 Å². The second-order valence-corrected chi connectivity index (χ2v) is 7.74. The average molecular weight is 409 g/mol. The fraction of sp³-hybridized carbons (Fsp3) is 0.353. The SMILES string of the molecule is CCCn1c(N)c(NC(=O)c2ccc(S(N)(=O)=O)cc2)c(=O)n(CCC)c1=O. The number of hydrogen-bond acceptors (Lipinski definition) is 6. The molecule has 0 radical (unpaired) electrons. The fourth-order valence-corrected chi connectivity index (χ4v) is 3.19. The van der Waals surface area contributed by atoms with Crippen molar-refractivity contribution in [1.29, 1.82) is 0 Å². The third kappa shape index (κ3) is 4.31. The number of primary sulfonamides is 1. The lowest BCUT2D eigenvalue weighted by molar-refractivity contribution is 0.102. The molecule has 0 aliphatic heterocycles. The quantitative estimate of drug-likeness (QED) is 0.597. The zero-order chi connectivity index (χ0) is 21.1.